The quantitative estimate of drug-likeness (QED) is 0.689. The third-order valence-electron chi connectivity index (χ3n) is 2.87. The van der Waals surface area contributed by atoms with Crippen molar-refractivity contribution in [3.8, 4) is 17.2 Å². The molecule has 0 bridgehead atoms. The SMILES string of the molecule is Cc1c(-c2cc(O)co2)ncc2ccccc12. The molecule has 17 heavy (non-hydrogen) atoms. The third-order valence-corrected chi connectivity index (χ3v) is 2.87. The van der Waals surface area contributed by atoms with Crippen LogP contribution in [0.15, 0.2) is 47.2 Å². The van der Waals surface area contributed by atoms with Crippen molar-refractivity contribution in [1.82, 2.24) is 4.98 Å². The Kier molecular flexibility index (Phi) is 2.11. The molecule has 0 aliphatic carbocycles. The van der Waals surface area contributed by atoms with Crippen LogP contribution in [-0.4, -0.2) is 10.1 Å². The first kappa shape index (κ1) is 9.90. The van der Waals surface area contributed by atoms with Gasteiger partial charge in [0.05, 0.1) is 0 Å². The van der Waals surface area contributed by atoms with Gasteiger partial charge in [0.15, 0.2) is 11.5 Å². The van der Waals surface area contributed by atoms with Gasteiger partial charge >= 0.3 is 0 Å². The molecule has 0 spiro atoms. The van der Waals surface area contributed by atoms with E-state index in [0.717, 1.165) is 22.0 Å². The minimum Gasteiger partial charge on any atom is -0.505 e. The van der Waals surface area contributed by atoms with Gasteiger partial charge in [-0.3, -0.25) is 4.98 Å². The summed E-state index contributed by atoms with van der Waals surface area (Å²) in [6.07, 6.45) is 3.13. The van der Waals surface area contributed by atoms with Gasteiger partial charge in [0.1, 0.15) is 12.0 Å². The summed E-state index contributed by atoms with van der Waals surface area (Å²) in [5.41, 5.74) is 1.82. The number of furan rings is 1. The number of hydrogen-bond acceptors (Lipinski definition) is 3. The number of aromatic hydroxyl groups is 1. The van der Waals surface area contributed by atoms with Gasteiger partial charge in [-0.05, 0) is 17.9 Å². The summed E-state index contributed by atoms with van der Waals surface area (Å²) in [5.74, 6) is 0.708. The van der Waals surface area contributed by atoms with Gasteiger partial charge in [0.25, 0.3) is 0 Å². The van der Waals surface area contributed by atoms with Gasteiger partial charge in [-0.15, -0.1) is 0 Å². The van der Waals surface area contributed by atoms with Crippen LogP contribution in [0, 0.1) is 6.92 Å². The van der Waals surface area contributed by atoms with E-state index in [4.69, 9.17) is 4.42 Å². The largest absolute Gasteiger partial charge is 0.505 e. The fourth-order valence-corrected chi connectivity index (χ4v) is 2.01. The minimum atomic E-state index is 0.120. The van der Waals surface area contributed by atoms with E-state index in [1.54, 1.807) is 6.07 Å². The number of hydrogen-bond donors (Lipinski definition) is 1. The van der Waals surface area contributed by atoms with Crippen LogP contribution < -0.4 is 0 Å². The highest BCUT2D eigenvalue weighted by Crippen LogP contribution is 2.30. The highest BCUT2D eigenvalue weighted by Gasteiger charge is 2.10. The highest BCUT2D eigenvalue weighted by molar-refractivity contribution is 5.88. The second-order valence-electron chi connectivity index (χ2n) is 3.99. The Bertz CT molecular complexity index is 686. The van der Waals surface area contributed by atoms with Crippen molar-refractivity contribution in [3.05, 3.63) is 48.4 Å². The molecule has 0 saturated carbocycles. The molecule has 0 saturated heterocycles. The number of benzene rings is 1. The zero-order valence-corrected chi connectivity index (χ0v) is 9.34. The van der Waals surface area contributed by atoms with Crippen molar-refractivity contribution >= 4 is 10.8 Å². The lowest BCUT2D eigenvalue weighted by Crippen LogP contribution is -1.88. The maximum Gasteiger partial charge on any atom is 0.156 e. The van der Waals surface area contributed by atoms with Gasteiger partial charge in [-0.2, -0.15) is 0 Å². The average molecular weight is 225 g/mol. The first-order valence-corrected chi connectivity index (χ1v) is 5.38. The van der Waals surface area contributed by atoms with Crippen molar-refractivity contribution in [2.75, 3.05) is 0 Å². The van der Waals surface area contributed by atoms with Crippen molar-refractivity contribution in [2.24, 2.45) is 0 Å². The fraction of sp³-hybridized carbons (Fsp3) is 0.0714. The van der Waals surface area contributed by atoms with E-state index < -0.39 is 0 Å². The predicted octanol–water partition coefficient (Wildman–Crippen LogP) is 3.51. The van der Waals surface area contributed by atoms with E-state index in [1.165, 1.54) is 6.26 Å². The summed E-state index contributed by atoms with van der Waals surface area (Å²) in [6, 6.07) is 9.64. The summed E-state index contributed by atoms with van der Waals surface area (Å²) in [5, 5.41) is 11.5. The van der Waals surface area contributed by atoms with E-state index in [-0.39, 0.29) is 5.75 Å². The molecule has 2 aromatic heterocycles. The molecule has 0 radical (unpaired) electrons. The first-order chi connectivity index (χ1) is 8.25. The maximum atomic E-state index is 9.30. The molecule has 0 atom stereocenters. The lowest BCUT2D eigenvalue weighted by atomic mass is 10.0. The molecule has 3 heteroatoms. The van der Waals surface area contributed by atoms with Gasteiger partial charge in [-0.25, -0.2) is 0 Å². The summed E-state index contributed by atoms with van der Waals surface area (Å²) in [6.45, 7) is 2.00. The Balaban J connectivity index is 2.28. The standard InChI is InChI=1S/C14H11NO2/c1-9-12-5-3-2-4-10(12)7-15-14(9)13-6-11(16)8-17-13/h2-8,16H,1H3. The van der Waals surface area contributed by atoms with Crippen molar-refractivity contribution in [2.45, 2.75) is 6.92 Å². The van der Waals surface area contributed by atoms with Crippen molar-refractivity contribution in [3.63, 3.8) is 0 Å². The van der Waals surface area contributed by atoms with E-state index in [1.807, 2.05) is 31.3 Å². The van der Waals surface area contributed by atoms with E-state index in [0.29, 0.717) is 5.76 Å². The zero-order chi connectivity index (χ0) is 11.8. The van der Waals surface area contributed by atoms with Crippen molar-refractivity contribution < 1.29 is 9.52 Å². The molecule has 0 aliphatic rings. The Hall–Kier alpha value is -2.29. The molecular weight excluding hydrogens is 214 g/mol. The lowest BCUT2D eigenvalue weighted by Gasteiger charge is -2.05. The number of aromatic nitrogens is 1. The summed E-state index contributed by atoms with van der Waals surface area (Å²) < 4.78 is 5.27. The van der Waals surface area contributed by atoms with Gasteiger partial charge < -0.3 is 9.52 Å². The monoisotopic (exact) mass is 225 g/mol. The topological polar surface area (TPSA) is 46.3 Å². The van der Waals surface area contributed by atoms with Crippen LogP contribution in [0.1, 0.15) is 5.56 Å². The Labute approximate surface area is 98.3 Å². The third kappa shape index (κ3) is 1.56. The zero-order valence-electron chi connectivity index (χ0n) is 9.34. The molecule has 2 heterocycles. The number of fused-ring (bicyclic) bond motifs is 1. The predicted molar refractivity (Wildman–Crippen MR) is 65.8 cm³/mol. The minimum absolute atomic E-state index is 0.120. The Morgan fingerprint density at radius 1 is 1.24 bits per heavy atom. The molecule has 3 rings (SSSR count). The highest BCUT2D eigenvalue weighted by atomic mass is 16.4. The van der Waals surface area contributed by atoms with Crippen LogP contribution in [-0.2, 0) is 0 Å². The van der Waals surface area contributed by atoms with Gasteiger partial charge in [0, 0.05) is 17.6 Å². The molecule has 3 aromatic rings. The molecular formula is C14H11NO2. The molecule has 1 aromatic carbocycles. The number of pyridine rings is 1. The molecule has 0 fully saturated rings. The second-order valence-corrected chi connectivity index (χ2v) is 3.99. The van der Waals surface area contributed by atoms with Crippen molar-refractivity contribution in [1.29, 1.82) is 0 Å². The van der Waals surface area contributed by atoms with Crippen LogP contribution in [0.3, 0.4) is 0 Å². The lowest BCUT2D eigenvalue weighted by molar-refractivity contribution is 0.459. The van der Waals surface area contributed by atoms with E-state index >= 15 is 0 Å². The molecule has 0 aliphatic heterocycles. The normalized spacial score (nSPS) is 10.9. The van der Waals surface area contributed by atoms with Gasteiger partial charge in [0.2, 0.25) is 0 Å². The first-order valence-electron chi connectivity index (χ1n) is 5.38. The van der Waals surface area contributed by atoms with Crippen LogP contribution >= 0.6 is 0 Å². The summed E-state index contributed by atoms with van der Waals surface area (Å²) in [7, 11) is 0. The number of rotatable bonds is 1. The smallest absolute Gasteiger partial charge is 0.156 e. The van der Waals surface area contributed by atoms with Crippen LogP contribution in [0.5, 0.6) is 5.75 Å². The molecule has 3 nitrogen and oxygen atoms in total. The van der Waals surface area contributed by atoms with E-state index in [2.05, 4.69) is 11.1 Å². The second kappa shape index (κ2) is 3.63. The molecule has 0 amide bonds. The molecule has 1 N–H and O–H groups in total. The molecule has 84 valence electrons. The Morgan fingerprint density at radius 3 is 2.82 bits per heavy atom. The van der Waals surface area contributed by atoms with Crippen LogP contribution in [0.25, 0.3) is 22.2 Å². The number of aryl methyl sites for hydroxylation is 1. The van der Waals surface area contributed by atoms with Crippen LogP contribution in [0.4, 0.5) is 0 Å². The van der Waals surface area contributed by atoms with E-state index in [9.17, 15) is 5.11 Å². The average Bonchev–Trinajstić information content (AvgIpc) is 2.77. The fourth-order valence-electron chi connectivity index (χ4n) is 2.01. The number of nitrogens with zero attached hydrogens (tertiary/aromatic N) is 1. The maximum absolute atomic E-state index is 9.30. The summed E-state index contributed by atoms with van der Waals surface area (Å²) >= 11 is 0. The van der Waals surface area contributed by atoms with Gasteiger partial charge in [-0.1, -0.05) is 24.3 Å². The summed E-state index contributed by atoms with van der Waals surface area (Å²) in [4.78, 5) is 4.39. The van der Waals surface area contributed by atoms with Crippen LogP contribution in [0.2, 0.25) is 0 Å². The molecule has 0 unspecified atom stereocenters. The Morgan fingerprint density at radius 2 is 2.06 bits per heavy atom.